The van der Waals surface area contributed by atoms with Crippen molar-refractivity contribution in [2.45, 2.75) is 0 Å². The fourth-order valence-corrected chi connectivity index (χ4v) is 1.93. The molecule has 23 heavy (non-hydrogen) atoms. The quantitative estimate of drug-likeness (QED) is 0.749. The van der Waals surface area contributed by atoms with E-state index in [0.29, 0.717) is 5.56 Å². The van der Waals surface area contributed by atoms with Crippen molar-refractivity contribution in [2.24, 2.45) is 0 Å². The first-order chi connectivity index (χ1) is 10.9. The first-order valence-electron chi connectivity index (χ1n) is 6.35. The van der Waals surface area contributed by atoms with Crippen LogP contribution in [0.4, 0.5) is 0 Å². The first kappa shape index (κ1) is 15.8. The third-order valence-corrected chi connectivity index (χ3v) is 2.96. The molecule has 2 rings (SSSR count). The molecule has 0 radical (unpaired) electrons. The Morgan fingerprint density at radius 1 is 0.783 bits per heavy atom. The molecular formula is C17H10O6. The highest BCUT2D eigenvalue weighted by atomic mass is 16.4. The highest BCUT2D eigenvalue weighted by Gasteiger charge is 2.18. The highest BCUT2D eigenvalue weighted by molar-refractivity contribution is 6.03. The van der Waals surface area contributed by atoms with Crippen molar-refractivity contribution >= 4 is 17.9 Å². The lowest BCUT2D eigenvalue weighted by Crippen LogP contribution is -2.10. The molecule has 0 spiro atoms. The zero-order valence-corrected chi connectivity index (χ0v) is 11.6. The summed E-state index contributed by atoms with van der Waals surface area (Å²) in [5.41, 5.74) is -0.292. The van der Waals surface area contributed by atoms with Gasteiger partial charge in [0.15, 0.2) is 0 Å². The molecule has 2 aromatic carbocycles. The minimum Gasteiger partial charge on any atom is -0.478 e. The SMILES string of the molecule is O=C(O)c1cccc(C#Cc2cccc(C(=O)O)c2C(=O)O)c1. The molecule has 0 amide bonds. The van der Waals surface area contributed by atoms with Crippen molar-refractivity contribution in [2.75, 3.05) is 0 Å². The zero-order valence-electron chi connectivity index (χ0n) is 11.6. The van der Waals surface area contributed by atoms with E-state index >= 15 is 0 Å². The number of aromatic carboxylic acids is 3. The Kier molecular flexibility index (Phi) is 4.43. The molecule has 0 aliphatic carbocycles. The molecule has 6 heteroatoms. The molecular weight excluding hydrogens is 300 g/mol. The maximum absolute atomic E-state index is 11.3. The van der Waals surface area contributed by atoms with Gasteiger partial charge in [0.05, 0.1) is 16.7 Å². The van der Waals surface area contributed by atoms with Gasteiger partial charge in [-0.3, -0.25) is 0 Å². The van der Waals surface area contributed by atoms with Gasteiger partial charge in [0, 0.05) is 11.1 Å². The minimum atomic E-state index is -1.40. The largest absolute Gasteiger partial charge is 0.478 e. The summed E-state index contributed by atoms with van der Waals surface area (Å²) < 4.78 is 0. The van der Waals surface area contributed by atoms with Gasteiger partial charge >= 0.3 is 17.9 Å². The van der Waals surface area contributed by atoms with Crippen LogP contribution in [0.5, 0.6) is 0 Å². The van der Waals surface area contributed by atoms with E-state index in [1.165, 1.54) is 36.4 Å². The maximum atomic E-state index is 11.3. The summed E-state index contributed by atoms with van der Waals surface area (Å²) in [7, 11) is 0. The van der Waals surface area contributed by atoms with E-state index in [9.17, 15) is 19.5 Å². The van der Waals surface area contributed by atoms with Crippen molar-refractivity contribution in [1.82, 2.24) is 0 Å². The number of carboxylic acid groups (broad SMARTS) is 3. The second kappa shape index (κ2) is 6.45. The van der Waals surface area contributed by atoms with Crippen LogP contribution in [0.1, 0.15) is 42.2 Å². The van der Waals surface area contributed by atoms with Gasteiger partial charge in [-0.1, -0.05) is 24.0 Å². The molecule has 0 aliphatic heterocycles. The fraction of sp³-hybridized carbons (Fsp3) is 0. The Bertz CT molecular complexity index is 870. The number of hydrogen-bond donors (Lipinski definition) is 3. The average Bonchev–Trinajstić information content (AvgIpc) is 2.52. The monoisotopic (exact) mass is 310 g/mol. The number of carbonyl (C=O) groups is 3. The van der Waals surface area contributed by atoms with E-state index in [2.05, 4.69) is 11.8 Å². The van der Waals surface area contributed by atoms with Crippen LogP contribution in [0, 0.1) is 11.8 Å². The normalized spacial score (nSPS) is 9.57. The zero-order chi connectivity index (χ0) is 17.0. The number of benzene rings is 2. The molecule has 0 aromatic heterocycles. The van der Waals surface area contributed by atoms with Gasteiger partial charge in [0.1, 0.15) is 0 Å². The second-order valence-electron chi connectivity index (χ2n) is 4.47. The van der Waals surface area contributed by atoms with Crippen LogP contribution in [-0.4, -0.2) is 33.2 Å². The van der Waals surface area contributed by atoms with Gasteiger partial charge in [0.2, 0.25) is 0 Å². The smallest absolute Gasteiger partial charge is 0.337 e. The number of rotatable bonds is 3. The van der Waals surface area contributed by atoms with Gasteiger partial charge < -0.3 is 15.3 Å². The Morgan fingerprint density at radius 2 is 1.48 bits per heavy atom. The third kappa shape index (κ3) is 3.54. The van der Waals surface area contributed by atoms with Crippen molar-refractivity contribution in [1.29, 1.82) is 0 Å². The highest BCUT2D eigenvalue weighted by Crippen LogP contribution is 2.15. The van der Waals surface area contributed by atoms with Gasteiger partial charge in [-0.2, -0.15) is 0 Å². The number of carboxylic acids is 3. The molecule has 3 N–H and O–H groups in total. The molecule has 0 aliphatic rings. The van der Waals surface area contributed by atoms with Gasteiger partial charge in [-0.15, -0.1) is 0 Å². The van der Waals surface area contributed by atoms with Gasteiger partial charge in [-0.25, -0.2) is 14.4 Å². The standard InChI is InChI=1S/C17H10O6/c18-15(19)12-5-1-3-10(9-12)7-8-11-4-2-6-13(16(20)21)14(11)17(22)23/h1-6,9H,(H,18,19)(H,20,21)(H,22,23). The molecule has 114 valence electrons. The maximum Gasteiger partial charge on any atom is 0.337 e. The predicted octanol–water partition coefficient (Wildman–Crippen LogP) is 2.18. The summed E-state index contributed by atoms with van der Waals surface area (Å²) in [6, 6.07) is 9.80. The van der Waals surface area contributed by atoms with Crippen molar-refractivity contribution in [3.05, 3.63) is 70.3 Å². The van der Waals surface area contributed by atoms with Crippen LogP contribution < -0.4 is 0 Å². The van der Waals surface area contributed by atoms with Gasteiger partial charge in [0.25, 0.3) is 0 Å². The topological polar surface area (TPSA) is 112 Å². The summed E-state index contributed by atoms with van der Waals surface area (Å²) in [5.74, 6) is 1.37. The predicted molar refractivity (Wildman–Crippen MR) is 79.7 cm³/mol. The fourth-order valence-electron chi connectivity index (χ4n) is 1.93. The Labute approximate surface area is 130 Å². The van der Waals surface area contributed by atoms with Crippen LogP contribution in [0.25, 0.3) is 0 Å². The molecule has 0 bridgehead atoms. The lowest BCUT2D eigenvalue weighted by Gasteiger charge is -2.03. The Balaban J connectivity index is 2.52. The number of hydrogen-bond acceptors (Lipinski definition) is 3. The van der Waals surface area contributed by atoms with Crippen molar-refractivity contribution in [3.8, 4) is 11.8 Å². The van der Waals surface area contributed by atoms with Crippen molar-refractivity contribution in [3.63, 3.8) is 0 Å². The van der Waals surface area contributed by atoms with E-state index in [1.807, 2.05) is 0 Å². The van der Waals surface area contributed by atoms with E-state index in [4.69, 9.17) is 10.2 Å². The summed E-state index contributed by atoms with van der Waals surface area (Å²) in [4.78, 5) is 33.3. The van der Waals surface area contributed by atoms with Crippen LogP contribution in [0.3, 0.4) is 0 Å². The molecule has 0 fully saturated rings. The molecule has 0 heterocycles. The summed E-state index contributed by atoms with van der Waals surface area (Å²) >= 11 is 0. The first-order valence-corrected chi connectivity index (χ1v) is 6.35. The van der Waals surface area contributed by atoms with E-state index in [-0.39, 0.29) is 16.7 Å². The minimum absolute atomic E-state index is 0.0399. The Hall–Kier alpha value is -3.59. The lowest BCUT2D eigenvalue weighted by atomic mass is 10.0. The molecule has 0 saturated heterocycles. The van der Waals surface area contributed by atoms with Crippen LogP contribution in [0.15, 0.2) is 42.5 Å². The third-order valence-electron chi connectivity index (χ3n) is 2.96. The van der Waals surface area contributed by atoms with Crippen LogP contribution >= 0.6 is 0 Å². The molecule has 2 aromatic rings. The molecule has 6 nitrogen and oxygen atoms in total. The summed E-state index contributed by atoms with van der Waals surface area (Å²) in [6.07, 6.45) is 0. The Morgan fingerprint density at radius 3 is 2.09 bits per heavy atom. The molecule has 0 saturated carbocycles. The van der Waals surface area contributed by atoms with E-state index < -0.39 is 23.5 Å². The summed E-state index contributed by atoms with van der Waals surface area (Å²) in [5, 5.41) is 27.2. The molecule has 0 atom stereocenters. The van der Waals surface area contributed by atoms with E-state index in [1.54, 1.807) is 6.07 Å². The van der Waals surface area contributed by atoms with Crippen molar-refractivity contribution < 1.29 is 29.7 Å². The van der Waals surface area contributed by atoms with E-state index in [0.717, 1.165) is 0 Å². The van der Waals surface area contributed by atoms with Gasteiger partial charge in [-0.05, 0) is 30.3 Å². The average molecular weight is 310 g/mol. The van der Waals surface area contributed by atoms with Crippen LogP contribution in [-0.2, 0) is 0 Å². The molecule has 0 unspecified atom stereocenters. The lowest BCUT2D eigenvalue weighted by molar-refractivity contribution is 0.0651. The van der Waals surface area contributed by atoms with Crippen LogP contribution in [0.2, 0.25) is 0 Å². The summed E-state index contributed by atoms with van der Waals surface area (Å²) in [6.45, 7) is 0. The second-order valence-corrected chi connectivity index (χ2v) is 4.47.